The van der Waals surface area contributed by atoms with Crippen molar-refractivity contribution in [1.29, 1.82) is 0 Å². The molecule has 0 radical (unpaired) electrons. The molecule has 2 amide bonds. The van der Waals surface area contributed by atoms with E-state index in [0.717, 1.165) is 4.88 Å². The molecule has 3 N–H and O–H groups in total. The van der Waals surface area contributed by atoms with Gasteiger partial charge in [0.1, 0.15) is 11.1 Å². The number of aromatic amines is 1. The third kappa shape index (κ3) is 3.84. The fourth-order valence-electron chi connectivity index (χ4n) is 3.48. The molecule has 1 fully saturated rings. The quantitative estimate of drug-likeness (QED) is 0.279. The molecule has 2 aliphatic heterocycles. The number of aromatic nitrogens is 4. The van der Waals surface area contributed by atoms with Gasteiger partial charge in [0.15, 0.2) is 0 Å². The summed E-state index contributed by atoms with van der Waals surface area (Å²) in [5.41, 5.74) is -1.13. The first-order valence-electron chi connectivity index (χ1n) is 9.08. The van der Waals surface area contributed by atoms with Crippen molar-refractivity contribution >= 4 is 52.6 Å². The number of hydrogen-bond acceptors (Lipinski definition) is 10. The smallest absolute Gasteiger partial charge is 0.352 e. The van der Waals surface area contributed by atoms with E-state index in [1.54, 1.807) is 0 Å². The minimum atomic E-state index is -1.60. The average molecular weight is 483 g/mol. The zero-order valence-electron chi connectivity index (χ0n) is 16.4. The van der Waals surface area contributed by atoms with Crippen LogP contribution in [0.2, 0.25) is 0 Å². The summed E-state index contributed by atoms with van der Waals surface area (Å²) in [6.45, 7) is 1.82. The van der Waals surface area contributed by atoms with Crippen LogP contribution in [-0.4, -0.2) is 77.6 Å². The first-order valence-corrected chi connectivity index (χ1v) is 11.9. The summed E-state index contributed by atoms with van der Waals surface area (Å²) in [6.07, 6.45) is 0.110. The number of carbonyl (C=O) groups is 3. The zero-order chi connectivity index (χ0) is 22.2. The highest BCUT2D eigenvalue weighted by atomic mass is 32.2. The molecule has 14 heteroatoms. The molecule has 164 valence electrons. The Kier molecular flexibility index (Phi) is 6.05. The van der Waals surface area contributed by atoms with E-state index in [9.17, 15) is 19.5 Å². The maximum Gasteiger partial charge on any atom is 0.352 e. The number of amides is 2. The van der Waals surface area contributed by atoms with Crippen LogP contribution in [0.15, 0.2) is 33.9 Å². The van der Waals surface area contributed by atoms with E-state index in [-0.39, 0.29) is 23.3 Å². The number of carboxylic acid groups (broad SMARTS) is 1. The number of carbonyl (C=O) groups excluding carboxylic acids is 2. The van der Waals surface area contributed by atoms with Crippen molar-refractivity contribution in [2.24, 2.45) is 0 Å². The molecule has 1 saturated heterocycles. The van der Waals surface area contributed by atoms with Crippen LogP contribution in [0, 0.1) is 0 Å². The Bertz CT molecular complexity index is 1030. The lowest BCUT2D eigenvalue weighted by atomic mass is 9.97. The van der Waals surface area contributed by atoms with Gasteiger partial charge in [-0.15, -0.1) is 28.2 Å². The van der Waals surface area contributed by atoms with Gasteiger partial charge < -0.3 is 15.2 Å². The number of H-pyrrole nitrogens is 1. The first kappa shape index (κ1) is 21.8. The second-order valence-electron chi connectivity index (χ2n) is 6.73. The SMILES string of the molecule is COC1(NC(=O)Cc2cccs2)C(=O)N2C(C(=O)O)=C(C(C)Sc3nnn[nH]3)CS[C@H]21. The van der Waals surface area contributed by atoms with Gasteiger partial charge in [-0.05, 0) is 34.4 Å². The largest absolute Gasteiger partial charge is 0.477 e. The zero-order valence-corrected chi connectivity index (χ0v) is 18.8. The number of ether oxygens (including phenoxy) is 1. The lowest BCUT2D eigenvalue weighted by Crippen LogP contribution is -2.80. The van der Waals surface area contributed by atoms with Crippen LogP contribution < -0.4 is 5.32 Å². The molecule has 4 rings (SSSR count). The molecular weight excluding hydrogens is 464 g/mol. The van der Waals surface area contributed by atoms with Gasteiger partial charge in [0.2, 0.25) is 11.1 Å². The molecule has 0 aromatic carbocycles. The topological polar surface area (TPSA) is 150 Å². The van der Waals surface area contributed by atoms with E-state index in [4.69, 9.17) is 4.74 Å². The van der Waals surface area contributed by atoms with Crippen LogP contribution in [0.4, 0.5) is 0 Å². The highest BCUT2D eigenvalue weighted by Crippen LogP contribution is 2.48. The highest BCUT2D eigenvalue weighted by Gasteiger charge is 2.66. The number of nitrogens with one attached hydrogen (secondary N) is 2. The monoisotopic (exact) mass is 482 g/mol. The number of aliphatic carboxylic acids is 1. The predicted molar refractivity (Wildman–Crippen MR) is 113 cm³/mol. The summed E-state index contributed by atoms with van der Waals surface area (Å²) in [5, 5.41) is 27.3. The molecule has 2 aliphatic rings. The van der Waals surface area contributed by atoms with Gasteiger partial charge in [-0.3, -0.25) is 14.5 Å². The van der Waals surface area contributed by atoms with Crippen LogP contribution in [0.25, 0.3) is 0 Å². The third-order valence-electron chi connectivity index (χ3n) is 4.93. The van der Waals surface area contributed by atoms with Crippen molar-refractivity contribution in [3.63, 3.8) is 0 Å². The van der Waals surface area contributed by atoms with Gasteiger partial charge in [0.05, 0.1) is 6.42 Å². The van der Waals surface area contributed by atoms with Gasteiger partial charge in [-0.2, -0.15) is 0 Å². The van der Waals surface area contributed by atoms with Gasteiger partial charge >= 0.3 is 5.97 Å². The van der Waals surface area contributed by atoms with E-state index in [1.165, 1.54) is 46.9 Å². The minimum Gasteiger partial charge on any atom is -0.477 e. The van der Waals surface area contributed by atoms with Gasteiger partial charge in [0.25, 0.3) is 11.6 Å². The number of methoxy groups -OCH3 is 1. The Morgan fingerprint density at radius 2 is 2.35 bits per heavy atom. The molecule has 0 spiro atoms. The Morgan fingerprint density at radius 3 is 2.97 bits per heavy atom. The molecule has 4 heterocycles. The van der Waals surface area contributed by atoms with Crippen LogP contribution >= 0.6 is 34.9 Å². The minimum absolute atomic E-state index is 0.0959. The summed E-state index contributed by atoms with van der Waals surface area (Å²) >= 11 is 4.04. The van der Waals surface area contributed by atoms with Crippen molar-refractivity contribution in [3.8, 4) is 0 Å². The van der Waals surface area contributed by atoms with Crippen LogP contribution in [-0.2, 0) is 25.5 Å². The predicted octanol–water partition coefficient (Wildman–Crippen LogP) is 0.697. The number of fused-ring (bicyclic) bond motifs is 1. The number of β-lactam (4-membered cyclic amide) rings is 1. The Labute approximate surface area is 189 Å². The Morgan fingerprint density at radius 1 is 1.55 bits per heavy atom. The molecule has 2 aromatic heterocycles. The lowest BCUT2D eigenvalue weighted by Gasteiger charge is -2.56. The number of carboxylic acids is 1. The van der Waals surface area contributed by atoms with E-state index in [2.05, 4.69) is 25.9 Å². The van der Waals surface area contributed by atoms with Gasteiger partial charge in [-0.25, -0.2) is 9.89 Å². The Balaban J connectivity index is 1.57. The van der Waals surface area contributed by atoms with E-state index in [1.807, 2.05) is 24.4 Å². The standard InChI is InChI=1S/C17H18N6O5S3/c1-8(31-16-19-21-22-20-16)10-7-30-15-17(28-2,14(27)23(15)12(10)13(25)26)18-11(24)6-9-4-3-5-29-9/h3-5,8,15H,6-7H2,1-2H3,(H,18,24)(H,25,26)(H,19,20,21,22)/t8?,15-,17?/m0/s1. The number of hydrogen-bond donors (Lipinski definition) is 3. The van der Waals surface area contributed by atoms with Gasteiger partial charge in [-0.1, -0.05) is 17.8 Å². The number of tetrazole rings is 1. The third-order valence-corrected chi connectivity index (χ3v) is 8.18. The fraction of sp³-hybridized carbons (Fsp3) is 0.412. The number of thiophene rings is 1. The average Bonchev–Trinajstić information content (AvgIpc) is 3.44. The normalized spacial score (nSPS) is 23.9. The molecule has 31 heavy (non-hydrogen) atoms. The number of rotatable bonds is 8. The number of nitrogens with zero attached hydrogens (tertiary/aromatic N) is 4. The van der Waals surface area contributed by atoms with Crippen molar-refractivity contribution in [2.45, 2.75) is 34.8 Å². The molecular formula is C17H18N6O5S3. The molecule has 2 unspecified atom stereocenters. The van der Waals surface area contributed by atoms with Crippen LogP contribution in [0.3, 0.4) is 0 Å². The van der Waals surface area contributed by atoms with Crippen LogP contribution in [0.1, 0.15) is 11.8 Å². The molecule has 2 aromatic rings. The molecule has 11 nitrogen and oxygen atoms in total. The molecule has 3 atom stereocenters. The summed E-state index contributed by atoms with van der Waals surface area (Å²) in [7, 11) is 1.33. The van der Waals surface area contributed by atoms with Crippen molar-refractivity contribution in [3.05, 3.63) is 33.7 Å². The summed E-state index contributed by atoms with van der Waals surface area (Å²) in [6, 6.07) is 3.67. The van der Waals surface area contributed by atoms with E-state index < -0.39 is 23.0 Å². The van der Waals surface area contributed by atoms with Crippen LogP contribution in [0.5, 0.6) is 0 Å². The molecule has 0 bridgehead atoms. The second-order valence-corrected chi connectivity index (χ2v) is 10.2. The van der Waals surface area contributed by atoms with Crippen molar-refractivity contribution in [2.75, 3.05) is 12.9 Å². The maximum absolute atomic E-state index is 13.1. The highest BCUT2D eigenvalue weighted by molar-refractivity contribution is 8.01. The second kappa shape index (κ2) is 8.61. The molecule has 0 saturated carbocycles. The fourth-order valence-corrected chi connectivity index (χ4v) is 6.70. The van der Waals surface area contributed by atoms with E-state index in [0.29, 0.717) is 16.5 Å². The molecule has 0 aliphatic carbocycles. The number of thioether (sulfide) groups is 2. The van der Waals surface area contributed by atoms with Crippen molar-refractivity contribution in [1.82, 2.24) is 30.8 Å². The lowest BCUT2D eigenvalue weighted by molar-refractivity contribution is -0.192. The van der Waals surface area contributed by atoms with Gasteiger partial charge in [0, 0.05) is 23.0 Å². The summed E-state index contributed by atoms with van der Waals surface area (Å²) in [5.74, 6) is -1.85. The Hall–Kier alpha value is -2.42. The summed E-state index contributed by atoms with van der Waals surface area (Å²) in [4.78, 5) is 39.8. The van der Waals surface area contributed by atoms with Crippen molar-refractivity contribution < 1.29 is 24.2 Å². The summed E-state index contributed by atoms with van der Waals surface area (Å²) < 4.78 is 5.46. The maximum atomic E-state index is 13.1. The first-order chi connectivity index (χ1) is 14.9. The van der Waals surface area contributed by atoms with E-state index >= 15 is 0 Å².